The van der Waals surface area contributed by atoms with Gasteiger partial charge in [-0.05, 0) is 13.3 Å². The van der Waals surface area contributed by atoms with Crippen LogP contribution in [0.3, 0.4) is 0 Å². The maximum atomic E-state index is 5.40. The van der Waals surface area contributed by atoms with Crippen LogP contribution in [0.2, 0.25) is 0 Å². The summed E-state index contributed by atoms with van der Waals surface area (Å²) < 4.78 is 5.40. The number of nitrogens with one attached hydrogen (secondary N) is 1. The van der Waals surface area contributed by atoms with Gasteiger partial charge in [-0.15, -0.1) is 0 Å². The number of aryl methyl sites for hydroxylation is 1. The fraction of sp³-hybridized carbons (Fsp3) is 0.692. The van der Waals surface area contributed by atoms with Crippen molar-refractivity contribution in [3.8, 4) is 0 Å². The Morgan fingerprint density at radius 2 is 2.18 bits per heavy atom. The zero-order chi connectivity index (χ0) is 12.1. The highest BCUT2D eigenvalue weighted by Crippen LogP contribution is 2.17. The molecule has 1 aliphatic rings. The largest absolute Gasteiger partial charge is 0.374 e. The van der Waals surface area contributed by atoms with E-state index in [4.69, 9.17) is 4.74 Å². The van der Waals surface area contributed by atoms with E-state index in [2.05, 4.69) is 22.2 Å². The van der Waals surface area contributed by atoms with Crippen LogP contribution in [-0.2, 0) is 30.7 Å². The van der Waals surface area contributed by atoms with Gasteiger partial charge in [-0.25, -0.2) is 9.97 Å². The minimum absolute atomic E-state index is 0.536. The Kier molecular flexibility index (Phi) is 4.45. The minimum atomic E-state index is 0.536. The lowest BCUT2D eigenvalue weighted by Gasteiger charge is -2.20. The SMILES string of the molecule is CCCc1nc(COCC)nc2c1CNCC2. The van der Waals surface area contributed by atoms with Crippen LogP contribution in [-0.4, -0.2) is 23.1 Å². The summed E-state index contributed by atoms with van der Waals surface area (Å²) in [6, 6.07) is 0. The molecule has 1 aliphatic heterocycles. The van der Waals surface area contributed by atoms with E-state index >= 15 is 0 Å². The normalized spacial score (nSPS) is 14.7. The van der Waals surface area contributed by atoms with E-state index in [0.29, 0.717) is 13.2 Å². The van der Waals surface area contributed by atoms with E-state index in [0.717, 1.165) is 38.2 Å². The molecule has 0 atom stereocenters. The van der Waals surface area contributed by atoms with E-state index < -0.39 is 0 Å². The number of hydrogen-bond donors (Lipinski definition) is 1. The molecule has 2 rings (SSSR count). The minimum Gasteiger partial charge on any atom is -0.374 e. The van der Waals surface area contributed by atoms with Crippen molar-refractivity contribution in [2.24, 2.45) is 0 Å². The average molecular weight is 235 g/mol. The molecule has 1 aromatic rings. The second-order valence-electron chi connectivity index (χ2n) is 4.33. The molecule has 0 unspecified atom stereocenters. The number of nitrogens with zero attached hydrogens (tertiary/aromatic N) is 2. The molecular weight excluding hydrogens is 214 g/mol. The first-order valence-electron chi connectivity index (χ1n) is 6.51. The van der Waals surface area contributed by atoms with Gasteiger partial charge in [0.05, 0.1) is 5.69 Å². The maximum Gasteiger partial charge on any atom is 0.154 e. The number of rotatable bonds is 5. The molecule has 0 aromatic carbocycles. The fourth-order valence-electron chi connectivity index (χ4n) is 2.17. The first kappa shape index (κ1) is 12.5. The molecule has 0 saturated heterocycles. The van der Waals surface area contributed by atoms with Gasteiger partial charge >= 0.3 is 0 Å². The van der Waals surface area contributed by atoms with Gasteiger partial charge in [-0.1, -0.05) is 13.3 Å². The lowest BCUT2D eigenvalue weighted by molar-refractivity contribution is 0.128. The van der Waals surface area contributed by atoms with Gasteiger partial charge in [-0.2, -0.15) is 0 Å². The fourth-order valence-corrected chi connectivity index (χ4v) is 2.17. The van der Waals surface area contributed by atoms with Crippen LogP contribution in [0, 0.1) is 0 Å². The topological polar surface area (TPSA) is 47.0 Å². The molecule has 4 nitrogen and oxygen atoms in total. The first-order chi connectivity index (χ1) is 8.35. The summed E-state index contributed by atoms with van der Waals surface area (Å²) in [5.41, 5.74) is 3.75. The van der Waals surface area contributed by atoms with E-state index in [1.807, 2.05) is 6.92 Å². The van der Waals surface area contributed by atoms with Crippen LogP contribution >= 0.6 is 0 Å². The standard InChI is InChI=1S/C13H21N3O/c1-3-5-11-10-8-14-7-6-12(10)16-13(15-11)9-17-4-2/h14H,3-9H2,1-2H3. The number of fused-ring (bicyclic) bond motifs is 1. The summed E-state index contributed by atoms with van der Waals surface area (Å²) in [6.45, 7) is 7.37. The van der Waals surface area contributed by atoms with Crippen LogP contribution in [0.4, 0.5) is 0 Å². The summed E-state index contributed by atoms with van der Waals surface area (Å²) in [5, 5.41) is 3.39. The average Bonchev–Trinajstić information content (AvgIpc) is 2.37. The molecule has 17 heavy (non-hydrogen) atoms. The van der Waals surface area contributed by atoms with Gasteiger partial charge in [0, 0.05) is 37.4 Å². The maximum absolute atomic E-state index is 5.40. The Morgan fingerprint density at radius 3 is 2.94 bits per heavy atom. The summed E-state index contributed by atoms with van der Waals surface area (Å²) >= 11 is 0. The first-order valence-corrected chi connectivity index (χ1v) is 6.51. The third-order valence-electron chi connectivity index (χ3n) is 2.99. The molecule has 0 spiro atoms. The number of ether oxygens (including phenoxy) is 1. The van der Waals surface area contributed by atoms with Crippen molar-refractivity contribution in [2.75, 3.05) is 13.2 Å². The van der Waals surface area contributed by atoms with Gasteiger partial charge in [0.2, 0.25) is 0 Å². The lowest BCUT2D eigenvalue weighted by Crippen LogP contribution is -2.27. The van der Waals surface area contributed by atoms with Gasteiger partial charge in [0.25, 0.3) is 0 Å². The van der Waals surface area contributed by atoms with Crippen molar-refractivity contribution in [2.45, 2.75) is 46.3 Å². The van der Waals surface area contributed by atoms with Crippen molar-refractivity contribution in [1.29, 1.82) is 0 Å². The lowest BCUT2D eigenvalue weighted by atomic mass is 10.0. The van der Waals surface area contributed by atoms with E-state index in [1.54, 1.807) is 0 Å². The van der Waals surface area contributed by atoms with E-state index in [9.17, 15) is 0 Å². The predicted molar refractivity (Wildman–Crippen MR) is 66.8 cm³/mol. The highest BCUT2D eigenvalue weighted by Gasteiger charge is 2.16. The molecule has 94 valence electrons. The Morgan fingerprint density at radius 1 is 1.29 bits per heavy atom. The second kappa shape index (κ2) is 6.07. The summed E-state index contributed by atoms with van der Waals surface area (Å²) in [4.78, 5) is 9.25. The van der Waals surface area contributed by atoms with Crippen LogP contribution in [0.5, 0.6) is 0 Å². The molecule has 0 amide bonds. The smallest absolute Gasteiger partial charge is 0.154 e. The van der Waals surface area contributed by atoms with Crippen molar-refractivity contribution in [1.82, 2.24) is 15.3 Å². The van der Waals surface area contributed by atoms with Crippen molar-refractivity contribution in [3.63, 3.8) is 0 Å². The molecule has 0 saturated carbocycles. The highest BCUT2D eigenvalue weighted by atomic mass is 16.5. The molecule has 0 bridgehead atoms. The molecular formula is C13H21N3O. The Balaban J connectivity index is 2.27. The van der Waals surface area contributed by atoms with Crippen molar-refractivity contribution >= 4 is 0 Å². The van der Waals surface area contributed by atoms with Crippen LogP contribution in [0.25, 0.3) is 0 Å². The summed E-state index contributed by atoms with van der Waals surface area (Å²) in [6.07, 6.45) is 3.16. The Hall–Kier alpha value is -1.00. The predicted octanol–water partition coefficient (Wildman–Crippen LogP) is 1.61. The van der Waals surface area contributed by atoms with Crippen LogP contribution < -0.4 is 5.32 Å². The summed E-state index contributed by atoms with van der Waals surface area (Å²) in [7, 11) is 0. The van der Waals surface area contributed by atoms with Gasteiger partial charge in [0.1, 0.15) is 6.61 Å². The number of aromatic nitrogens is 2. The molecule has 2 heterocycles. The van der Waals surface area contributed by atoms with Crippen LogP contribution in [0.1, 0.15) is 43.0 Å². The molecule has 1 N–H and O–H groups in total. The second-order valence-corrected chi connectivity index (χ2v) is 4.33. The molecule has 0 radical (unpaired) electrons. The van der Waals surface area contributed by atoms with Crippen molar-refractivity contribution < 1.29 is 4.74 Å². The van der Waals surface area contributed by atoms with Gasteiger partial charge in [-0.3, -0.25) is 0 Å². The summed E-state index contributed by atoms with van der Waals surface area (Å²) in [5.74, 6) is 0.843. The van der Waals surface area contributed by atoms with Crippen LogP contribution in [0.15, 0.2) is 0 Å². The van der Waals surface area contributed by atoms with Gasteiger partial charge < -0.3 is 10.1 Å². The molecule has 0 fully saturated rings. The zero-order valence-corrected chi connectivity index (χ0v) is 10.8. The Bertz CT molecular complexity index is 379. The molecule has 1 aromatic heterocycles. The Labute approximate surface area is 103 Å². The highest BCUT2D eigenvalue weighted by molar-refractivity contribution is 5.28. The molecule has 0 aliphatic carbocycles. The quantitative estimate of drug-likeness (QED) is 0.842. The van der Waals surface area contributed by atoms with E-state index in [-0.39, 0.29) is 0 Å². The zero-order valence-electron chi connectivity index (χ0n) is 10.8. The third kappa shape index (κ3) is 3.01. The number of hydrogen-bond acceptors (Lipinski definition) is 4. The monoisotopic (exact) mass is 235 g/mol. The van der Waals surface area contributed by atoms with E-state index in [1.165, 1.54) is 17.0 Å². The third-order valence-corrected chi connectivity index (χ3v) is 2.99. The molecule has 4 heteroatoms. The van der Waals surface area contributed by atoms with Gasteiger partial charge in [0.15, 0.2) is 5.82 Å². The van der Waals surface area contributed by atoms with Crippen molar-refractivity contribution in [3.05, 3.63) is 22.8 Å².